The average molecular weight is 365 g/mol. The zero-order chi connectivity index (χ0) is 21.2. The second kappa shape index (κ2) is 21.9. The van der Waals surface area contributed by atoms with E-state index in [4.69, 9.17) is 15.1 Å². The molecule has 0 aromatic rings. The second-order valence-corrected chi connectivity index (χ2v) is 8.33. The van der Waals surface area contributed by atoms with Crippen LogP contribution in [0.1, 0.15) is 83.1 Å². The van der Waals surface area contributed by atoms with Gasteiger partial charge in [0, 0.05) is 0 Å². The first-order valence-corrected chi connectivity index (χ1v) is 9.64. The first-order valence-electron chi connectivity index (χ1n) is 9.64. The van der Waals surface area contributed by atoms with Gasteiger partial charge in [-0.2, -0.15) is 0 Å². The third-order valence-electron chi connectivity index (χ3n) is 2.31. The van der Waals surface area contributed by atoms with E-state index in [1.165, 1.54) is 0 Å². The smallest absolute Gasteiger partial charge is 0.0803 e. The zero-order valence-electron chi connectivity index (χ0n) is 19.0. The molecule has 0 aromatic heterocycles. The van der Waals surface area contributed by atoms with E-state index in [0.717, 1.165) is 36.3 Å². The Morgan fingerprint density at radius 1 is 0.400 bits per heavy atom. The van der Waals surface area contributed by atoms with Crippen molar-refractivity contribution in [3.8, 4) is 0 Å². The zero-order valence-corrected chi connectivity index (χ0v) is 19.0. The highest BCUT2D eigenvalue weighted by atomic mass is 16.5. The molecule has 0 heterocycles. The Kier molecular flexibility index (Phi) is 28.4. The Hall–Kier alpha value is -0.175. The molecule has 0 bridgehead atoms. The van der Waals surface area contributed by atoms with Gasteiger partial charge in [-0.15, -0.1) is 0 Å². The van der Waals surface area contributed by atoms with Gasteiger partial charge in [0.05, 0.1) is 36.3 Å². The van der Waals surface area contributed by atoms with Crippen molar-refractivity contribution >= 4 is 7.32 Å². The molecule has 6 N–H and O–H groups in total. The lowest BCUT2D eigenvalue weighted by Gasteiger charge is -2.35. The Morgan fingerprint density at radius 3 is 0.480 bits per heavy atom. The summed E-state index contributed by atoms with van der Waals surface area (Å²) in [6.07, 6.45) is 0. The molecular weight excluding hydrogens is 317 g/mol. The predicted molar refractivity (Wildman–Crippen MR) is 102 cm³/mol. The number of rotatable bonds is 6. The van der Waals surface area contributed by atoms with Gasteiger partial charge in [-0.3, -0.25) is 7.32 Å². The minimum Gasteiger partial charge on any atom is -0.907 e. The van der Waals surface area contributed by atoms with Crippen LogP contribution in [0.2, 0.25) is 0 Å². The largest absolute Gasteiger partial charge is 0.907 e. The molecule has 0 aliphatic carbocycles. The van der Waals surface area contributed by atoms with Gasteiger partial charge in [0.15, 0.2) is 0 Å². The van der Waals surface area contributed by atoms with Crippen LogP contribution in [0, 0.1) is 0 Å². The molecule has 0 unspecified atom stereocenters. The van der Waals surface area contributed by atoms with Crippen molar-refractivity contribution in [2.75, 3.05) is 0 Å². The Balaban J connectivity index is -0.000000120. The fraction of sp³-hybridized carbons (Fsp3) is 1.00. The third kappa shape index (κ3) is 81.2. The lowest BCUT2D eigenvalue weighted by Crippen LogP contribution is -2.92. The van der Waals surface area contributed by atoms with Gasteiger partial charge in [0.25, 0.3) is 0 Å². The molecule has 156 valence electrons. The number of quaternary nitrogens is 3. The highest BCUT2D eigenvalue weighted by Crippen LogP contribution is 1.68. The Labute approximate surface area is 158 Å². The van der Waals surface area contributed by atoms with Crippen LogP contribution < -0.4 is 31.0 Å². The van der Waals surface area contributed by atoms with E-state index in [2.05, 4.69) is 99.0 Å². The summed E-state index contributed by atoms with van der Waals surface area (Å²) in [5.74, 6) is 0. The monoisotopic (exact) mass is 365 g/mol. The SMILES string of the molecule is CC(C)[NH2+]C(C)C.CC(C)[NH2+]C(C)C.CC(C)[NH2+]C(C)C.[O-]B([O-])[O-]. The van der Waals surface area contributed by atoms with Gasteiger partial charge in [0.2, 0.25) is 0 Å². The molecule has 0 aromatic carbocycles. The summed E-state index contributed by atoms with van der Waals surface area (Å²) >= 11 is 0. The molecule has 0 saturated carbocycles. The lowest BCUT2D eigenvalue weighted by atomic mass is 10.3. The van der Waals surface area contributed by atoms with Gasteiger partial charge in [-0.1, -0.05) is 0 Å². The average Bonchev–Trinajstić information content (AvgIpc) is 2.22. The minimum absolute atomic E-state index is 0.750. The molecule has 0 aliphatic heterocycles. The normalized spacial score (nSPS) is 10.4. The molecule has 0 spiro atoms. The first-order chi connectivity index (χ1) is 11.1. The maximum absolute atomic E-state index is 8.42. The number of hydrogen-bond acceptors (Lipinski definition) is 3. The molecule has 0 fully saturated rings. The van der Waals surface area contributed by atoms with Crippen molar-refractivity contribution < 1.29 is 31.0 Å². The number of nitrogens with two attached hydrogens (primary N) is 3. The van der Waals surface area contributed by atoms with Crippen LogP contribution >= 0.6 is 0 Å². The summed E-state index contributed by atoms with van der Waals surface area (Å²) in [6.45, 7) is 26.5. The maximum Gasteiger partial charge on any atom is 0.0803 e. The van der Waals surface area contributed by atoms with Crippen molar-refractivity contribution in [3.05, 3.63) is 0 Å². The topological polar surface area (TPSA) is 119 Å². The summed E-state index contributed by atoms with van der Waals surface area (Å²) in [7, 11) is -2.92. The fourth-order valence-electron chi connectivity index (χ4n) is 2.31. The van der Waals surface area contributed by atoms with Crippen LogP contribution in [0.15, 0.2) is 0 Å². The van der Waals surface area contributed by atoms with Gasteiger partial charge < -0.3 is 31.0 Å². The molecular formula is C18H48BN3O3. The summed E-state index contributed by atoms with van der Waals surface area (Å²) in [5, 5.41) is 32.2. The van der Waals surface area contributed by atoms with E-state index in [1.54, 1.807) is 0 Å². The minimum atomic E-state index is -2.92. The quantitative estimate of drug-likeness (QED) is 0.440. The van der Waals surface area contributed by atoms with Crippen LogP contribution in [-0.4, -0.2) is 43.6 Å². The highest BCUT2D eigenvalue weighted by molar-refractivity contribution is 6.24. The summed E-state index contributed by atoms with van der Waals surface area (Å²) in [5.41, 5.74) is 0. The van der Waals surface area contributed by atoms with Crippen molar-refractivity contribution in [2.24, 2.45) is 0 Å². The lowest BCUT2D eigenvalue weighted by molar-refractivity contribution is -0.709. The molecule has 0 atom stereocenters. The van der Waals surface area contributed by atoms with Gasteiger partial charge in [-0.25, -0.2) is 0 Å². The molecule has 0 saturated heterocycles. The molecule has 0 rings (SSSR count). The summed E-state index contributed by atoms with van der Waals surface area (Å²) < 4.78 is 0. The van der Waals surface area contributed by atoms with Gasteiger partial charge in [0.1, 0.15) is 0 Å². The summed E-state index contributed by atoms with van der Waals surface area (Å²) in [4.78, 5) is 0. The molecule has 0 radical (unpaired) electrons. The molecule has 6 nitrogen and oxygen atoms in total. The Morgan fingerprint density at radius 2 is 0.480 bits per heavy atom. The van der Waals surface area contributed by atoms with E-state index in [0.29, 0.717) is 0 Å². The van der Waals surface area contributed by atoms with Crippen LogP contribution in [-0.2, 0) is 0 Å². The molecule has 0 aliphatic rings. The van der Waals surface area contributed by atoms with Crippen molar-refractivity contribution in [3.63, 3.8) is 0 Å². The first kappa shape index (κ1) is 32.5. The van der Waals surface area contributed by atoms with Crippen molar-refractivity contribution in [1.82, 2.24) is 0 Å². The Bertz CT molecular complexity index is 184. The van der Waals surface area contributed by atoms with E-state index < -0.39 is 7.32 Å². The van der Waals surface area contributed by atoms with Gasteiger partial charge >= 0.3 is 0 Å². The maximum atomic E-state index is 8.42. The van der Waals surface area contributed by atoms with Crippen LogP contribution in [0.3, 0.4) is 0 Å². The standard InChI is InChI=1S/3C6H15N.BO3/c3*1-5(2)7-6(3)4;2-1(3)4/h3*5-7H,1-4H3;/q;;;-3/p+3. The molecule has 7 heteroatoms. The fourth-order valence-corrected chi connectivity index (χ4v) is 2.31. The van der Waals surface area contributed by atoms with Gasteiger partial charge in [-0.05, 0) is 83.1 Å². The predicted octanol–water partition coefficient (Wildman–Crippen LogP) is -2.85. The highest BCUT2D eigenvalue weighted by Gasteiger charge is 1.98. The van der Waals surface area contributed by atoms with E-state index >= 15 is 0 Å². The number of hydrogen-bond donors (Lipinski definition) is 3. The third-order valence-corrected chi connectivity index (χ3v) is 2.31. The van der Waals surface area contributed by atoms with E-state index in [1.807, 2.05) is 0 Å². The summed E-state index contributed by atoms with van der Waals surface area (Å²) in [6, 6.07) is 4.50. The van der Waals surface area contributed by atoms with Crippen molar-refractivity contribution in [1.29, 1.82) is 0 Å². The molecule has 25 heavy (non-hydrogen) atoms. The van der Waals surface area contributed by atoms with Crippen molar-refractivity contribution in [2.45, 2.75) is 119 Å². The van der Waals surface area contributed by atoms with E-state index in [-0.39, 0.29) is 0 Å². The molecule has 0 amide bonds. The van der Waals surface area contributed by atoms with Crippen LogP contribution in [0.25, 0.3) is 0 Å². The second-order valence-electron chi connectivity index (χ2n) is 8.33. The van der Waals surface area contributed by atoms with Crippen LogP contribution in [0.5, 0.6) is 0 Å². The van der Waals surface area contributed by atoms with Crippen LogP contribution in [0.4, 0.5) is 0 Å². The van der Waals surface area contributed by atoms with E-state index in [9.17, 15) is 0 Å².